The Morgan fingerprint density at radius 2 is 1.96 bits per heavy atom. The van der Waals surface area contributed by atoms with E-state index >= 15 is 0 Å². The van der Waals surface area contributed by atoms with Crippen LogP contribution in [0.3, 0.4) is 0 Å². The molecule has 0 aliphatic carbocycles. The second-order valence-corrected chi connectivity index (χ2v) is 5.52. The fourth-order valence-corrected chi connectivity index (χ4v) is 2.78. The molecule has 1 aromatic carbocycles. The van der Waals surface area contributed by atoms with E-state index in [4.69, 9.17) is 10.3 Å². The van der Waals surface area contributed by atoms with E-state index in [0.29, 0.717) is 24.5 Å². The van der Waals surface area contributed by atoms with Crippen LogP contribution in [0.1, 0.15) is 34.8 Å². The summed E-state index contributed by atoms with van der Waals surface area (Å²) in [6, 6.07) is 7.39. The molecule has 1 fully saturated rings. The molecule has 0 radical (unpaired) electrons. The van der Waals surface area contributed by atoms with Crippen LogP contribution in [0.25, 0.3) is 0 Å². The molecule has 2 aromatic rings. The molecule has 1 aromatic heterocycles. The van der Waals surface area contributed by atoms with Gasteiger partial charge in [-0.2, -0.15) is 0 Å². The highest BCUT2D eigenvalue weighted by molar-refractivity contribution is 5.94. The number of aromatic nitrogens is 1. The Balaban J connectivity index is 1.62. The molecule has 1 saturated heterocycles. The van der Waals surface area contributed by atoms with E-state index in [0.717, 1.165) is 18.5 Å². The van der Waals surface area contributed by atoms with Crippen molar-refractivity contribution in [2.75, 3.05) is 18.8 Å². The Hall–Kier alpha value is -2.90. The average Bonchev–Trinajstić information content (AvgIpc) is 3.01. The smallest absolute Gasteiger partial charge is 0.269 e. The molecular formula is C15H16N4O4. The van der Waals surface area contributed by atoms with E-state index in [1.54, 1.807) is 11.0 Å². The molecule has 1 aliphatic rings. The second-order valence-electron chi connectivity index (χ2n) is 5.52. The Kier molecular flexibility index (Phi) is 3.96. The molecule has 2 N–H and O–H groups in total. The van der Waals surface area contributed by atoms with Crippen LogP contribution in [0, 0.1) is 10.1 Å². The first-order valence-electron chi connectivity index (χ1n) is 7.30. The molecule has 3 rings (SSSR count). The zero-order chi connectivity index (χ0) is 16.4. The van der Waals surface area contributed by atoms with Gasteiger partial charge in [-0.3, -0.25) is 14.9 Å². The monoisotopic (exact) mass is 316 g/mol. The minimum absolute atomic E-state index is 0.0242. The van der Waals surface area contributed by atoms with E-state index < -0.39 is 4.92 Å². The van der Waals surface area contributed by atoms with Gasteiger partial charge in [-0.05, 0) is 25.0 Å². The third kappa shape index (κ3) is 3.15. The maximum absolute atomic E-state index is 12.4. The van der Waals surface area contributed by atoms with Crippen molar-refractivity contribution in [3.63, 3.8) is 0 Å². The molecule has 23 heavy (non-hydrogen) atoms. The van der Waals surface area contributed by atoms with Crippen molar-refractivity contribution in [2.45, 2.75) is 18.8 Å². The van der Waals surface area contributed by atoms with Crippen molar-refractivity contribution in [1.29, 1.82) is 0 Å². The van der Waals surface area contributed by atoms with Crippen LogP contribution < -0.4 is 5.73 Å². The van der Waals surface area contributed by atoms with Crippen LogP contribution in [0.15, 0.2) is 34.9 Å². The number of non-ortho nitro benzene ring substituents is 1. The van der Waals surface area contributed by atoms with Crippen LogP contribution >= 0.6 is 0 Å². The van der Waals surface area contributed by atoms with Gasteiger partial charge in [0.1, 0.15) is 0 Å². The molecule has 0 atom stereocenters. The highest BCUT2D eigenvalue weighted by atomic mass is 16.6. The van der Waals surface area contributed by atoms with Gasteiger partial charge < -0.3 is 15.2 Å². The molecule has 0 bridgehead atoms. The first-order valence-corrected chi connectivity index (χ1v) is 7.30. The Morgan fingerprint density at radius 1 is 1.30 bits per heavy atom. The number of anilines is 1. The number of nitrogen functional groups attached to an aromatic ring is 1. The van der Waals surface area contributed by atoms with Gasteiger partial charge in [0, 0.05) is 42.8 Å². The molecule has 2 heterocycles. The number of nitrogens with two attached hydrogens (primary N) is 1. The highest BCUT2D eigenvalue weighted by Gasteiger charge is 2.26. The summed E-state index contributed by atoms with van der Waals surface area (Å²) in [5.74, 6) is 0.416. The number of hydrogen-bond donors (Lipinski definition) is 1. The molecular weight excluding hydrogens is 300 g/mol. The van der Waals surface area contributed by atoms with Crippen LogP contribution in [-0.4, -0.2) is 34.0 Å². The minimum atomic E-state index is -0.483. The summed E-state index contributed by atoms with van der Waals surface area (Å²) in [4.78, 5) is 24.3. The Morgan fingerprint density at radius 3 is 2.48 bits per heavy atom. The summed E-state index contributed by atoms with van der Waals surface area (Å²) in [6.07, 6.45) is 1.56. The number of benzene rings is 1. The number of rotatable bonds is 3. The van der Waals surface area contributed by atoms with Crippen molar-refractivity contribution in [3.8, 4) is 0 Å². The highest BCUT2D eigenvalue weighted by Crippen LogP contribution is 2.29. The van der Waals surface area contributed by atoms with Gasteiger partial charge in [0.05, 0.1) is 10.6 Å². The number of carbonyl (C=O) groups excluding carboxylic acids is 1. The van der Waals surface area contributed by atoms with Gasteiger partial charge in [0.15, 0.2) is 0 Å². The Labute approximate surface area is 132 Å². The fraction of sp³-hybridized carbons (Fsp3) is 0.333. The number of hydrogen-bond acceptors (Lipinski definition) is 6. The number of nitrogens with zero attached hydrogens (tertiary/aromatic N) is 3. The quantitative estimate of drug-likeness (QED) is 0.685. The average molecular weight is 316 g/mol. The lowest BCUT2D eigenvalue weighted by atomic mass is 9.93. The van der Waals surface area contributed by atoms with E-state index in [1.807, 2.05) is 0 Å². The number of nitro groups is 1. The summed E-state index contributed by atoms with van der Waals surface area (Å²) in [6.45, 7) is 1.21. The number of nitro benzene ring substituents is 1. The fourth-order valence-electron chi connectivity index (χ4n) is 2.78. The molecule has 1 aliphatic heterocycles. The van der Waals surface area contributed by atoms with Gasteiger partial charge in [-0.1, -0.05) is 5.16 Å². The zero-order valence-electron chi connectivity index (χ0n) is 12.3. The number of amides is 1. The van der Waals surface area contributed by atoms with Crippen LogP contribution in [0.2, 0.25) is 0 Å². The maximum Gasteiger partial charge on any atom is 0.269 e. The van der Waals surface area contributed by atoms with E-state index in [2.05, 4.69) is 5.16 Å². The lowest BCUT2D eigenvalue weighted by molar-refractivity contribution is -0.384. The van der Waals surface area contributed by atoms with Crippen LogP contribution in [0.4, 0.5) is 11.6 Å². The lowest BCUT2D eigenvalue weighted by Gasteiger charge is -2.31. The van der Waals surface area contributed by atoms with Crippen molar-refractivity contribution >= 4 is 17.5 Å². The largest absolute Gasteiger partial charge is 0.368 e. The predicted molar refractivity (Wildman–Crippen MR) is 81.9 cm³/mol. The molecule has 1 amide bonds. The second kappa shape index (κ2) is 6.07. The van der Waals surface area contributed by atoms with Crippen LogP contribution in [-0.2, 0) is 0 Å². The first kappa shape index (κ1) is 15.0. The van der Waals surface area contributed by atoms with Crippen molar-refractivity contribution in [2.24, 2.45) is 0 Å². The number of carbonyl (C=O) groups is 1. The SMILES string of the molecule is Nc1cc(C2CCN(C(=O)c3ccc([N+](=O)[O-])cc3)CC2)no1. The van der Waals surface area contributed by atoms with Crippen molar-refractivity contribution in [3.05, 3.63) is 51.7 Å². The molecule has 120 valence electrons. The van der Waals surface area contributed by atoms with E-state index in [-0.39, 0.29) is 17.5 Å². The number of piperidine rings is 1. The zero-order valence-corrected chi connectivity index (χ0v) is 12.3. The number of likely N-dealkylation sites (tertiary alicyclic amines) is 1. The standard InChI is InChI=1S/C15H16N4O4/c16-14-9-13(17-23-14)10-5-7-18(8-6-10)15(20)11-1-3-12(4-2-11)19(21)22/h1-4,9-10H,5-8,16H2. The van der Waals surface area contributed by atoms with E-state index in [1.165, 1.54) is 24.3 Å². The van der Waals surface area contributed by atoms with E-state index in [9.17, 15) is 14.9 Å². The molecule has 0 spiro atoms. The van der Waals surface area contributed by atoms with Gasteiger partial charge >= 0.3 is 0 Å². The molecule has 8 heteroatoms. The topological polar surface area (TPSA) is 116 Å². The normalized spacial score (nSPS) is 15.6. The minimum Gasteiger partial charge on any atom is -0.368 e. The summed E-state index contributed by atoms with van der Waals surface area (Å²) in [7, 11) is 0. The third-order valence-electron chi connectivity index (χ3n) is 4.07. The summed E-state index contributed by atoms with van der Waals surface area (Å²) < 4.78 is 4.88. The Bertz CT molecular complexity index is 717. The van der Waals surface area contributed by atoms with Gasteiger partial charge in [-0.25, -0.2) is 0 Å². The van der Waals surface area contributed by atoms with Crippen molar-refractivity contribution in [1.82, 2.24) is 10.1 Å². The third-order valence-corrected chi connectivity index (χ3v) is 4.07. The maximum atomic E-state index is 12.4. The van der Waals surface area contributed by atoms with Crippen LogP contribution in [0.5, 0.6) is 0 Å². The molecule has 0 saturated carbocycles. The summed E-state index contributed by atoms with van der Waals surface area (Å²) >= 11 is 0. The summed E-state index contributed by atoms with van der Waals surface area (Å²) in [5.41, 5.74) is 6.79. The van der Waals surface area contributed by atoms with Gasteiger partial charge in [0.2, 0.25) is 5.88 Å². The lowest BCUT2D eigenvalue weighted by Crippen LogP contribution is -2.37. The van der Waals surface area contributed by atoms with Crippen molar-refractivity contribution < 1.29 is 14.2 Å². The molecule has 8 nitrogen and oxygen atoms in total. The predicted octanol–water partition coefficient (Wildman–Crippen LogP) is 2.18. The molecule has 0 unspecified atom stereocenters. The summed E-state index contributed by atoms with van der Waals surface area (Å²) in [5, 5.41) is 14.6. The first-order chi connectivity index (χ1) is 11.0. The van der Waals surface area contributed by atoms with Gasteiger partial charge in [0.25, 0.3) is 11.6 Å². The van der Waals surface area contributed by atoms with Gasteiger partial charge in [-0.15, -0.1) is 0 Å².